The van der Waals surface area contributed by atoms with Crippen molar-refractivity contribution >= 4 is 17.0 Å². The third-order valence-electron chi connectivity index (χ3n) is 8.76. The van der Waals surface area contributed by atoms with Crippen molar-refractivity contribution in [3.63, 3.8) is 0 Å². The quantitative estimate of drug-likeness (QED) is 0.179. The number of rotatable bonds is 9. The molecule has 0 bridgehead atoms. The fourth-order valence-corrected chi connectivity index (χ4v) is 6.09. The Labute approximate surface area is 278 Å². The third-order valence-corrected chi connectivity index (χ3v) is 8.76. The average Bonchev–Trinajstić information content (AvgIpc) is 3.76. The van der Waals surface area contributed by atoms with E-state index in [9.17, 15) is 14.3 Å². The number of aryl methyl sites for hydroxylation is 1. The predicted octanol–water partition coefficient (Wildman–Crippen LogP) is 6.78. The van der Waals surface area contributed by atoms with E-state index >= 15 is 8.78 Å². The first-order valence-electron chi connectivity index (χ1n) is 15.5. The van der Waals surface area contributed by atoms with Gasteiger partial charge >= 0.3 is 5.97 Å². The van der Waals surface area contributed by atoms with Gasteiger partial charge < -0.3 is 19.1 Å². The van der Waals surface area contributed by atoms with Gasteiger partial charge in [-0.3, -0.25) is 9.67 Å². The van der Waals surface area contributed by atoms with Gasteiger partial charge in [0.1, 0.15) is 29.9 Å². The highest BCUT2D eigenvalue weighted by Crippen LogP contribution is 2.40. The lowest BCUT2D eigenvalue weighted by atomic mass is 9.87. The minimum Gasteiger partial charge on any atom is -0.478 e. The maximum atomic E-state index is 15.7. The summed E-state index contributed by atoms with van der Waals surface area (Å²) in [7, 11) is 1.75. The molecule has 5 heterocycles. The first-order chi connectivity index (χ1) is 23.5. The number of carboxylic acid groups (broad SMARTS) is 1. The van der Waals surface area contributed by atoms with Crippen molar-refractivity contribution < 1.29 is 32.5 Å². The molecule has 0 spiro atoms. The second-order valence-electron chi connectivity index (χ2n) is 12.7. The highest BCUT2D eigenvalue weighted by molar-refractivity contribution is 5.92. The zero-order chi connectivity index (χ0) is 34.4. The lowest BCUT2D eigenvalue weighted by Gasteiger charge is -2.28. The molecule has 1 unspecified atom stereocenters. The molecule has 1 saturated heterocycles. The van der Waals surface area contributed by atoms with Crippen LogP contribution in [0.4, 0.5) is 13.2 Å². The Morgan fingerprint density at radius 3 is 2.53 bits per heavy atom. The monoisotopic (exact) mass is 668 g/mol. The van der Waals surface area contributed by atoms with E-state index in [-0.39, 0.29) is 58.3 Å². The van der Waals surface area contributed by atoms with Crippen LogP contribution < -0.4 is 4.74 Å². The number of aromatic carboxylic acids is 1. The molecule has 0 aliphatic carbocycles. The molecule has 2 aromatic carbocycles. The smallest absolute Gasteiger partial charge is 0.335 e. The first-order valence-corrected chi connectivity index (χ1v) is 15.5. The number of fused-ring (bicyclic) bond motifs is 1. The van der Waals surface area contributed by atoms with Gasteiger partial charge in [0.15, 0.2) is 0 Å². The van der Waals surface area contributed by atoms with Crippen LogP contribution in [0.5, 0.6) is 5.88 Å². The molecule has 4 aromatic heterocycles. The van der Waals surface area contributed by atoms with Gasteiger partial charge in [0.2, 0.25) is 5.88 Å². The number of benzene rings is 2. The molecule has 13 heteroatoms. The molecule has 49 heavy (non-hydrogen) atoms. The molecule has 1 aliphatic rings. The standard InChI is InChI=1S/C36H31F3N6O4/c1-36(2)19-48-18-32(36)45-31-10-20(35(46)47)7-8-29(31)42-33(45)11-21-9-27(39)24(12-25(21)37)28-5-4-6-34(43-28)49-17-23-14-40-30(13-26(23)38)22-15-41-44(3)16-22/h4-10,12-16,32H,11,17-19H2,1-3H3,(H,46,47). The predicted molar refractivity (Wildman–Crippen MR) is 173 cm³/mol. The van der Waals surface area contributed by atoms with Crippen LogP contribution in [0.1, 0.15) is 47.2 Å². The number of nitrogens with zero attached hydrogens (tertiary/aromatic N) is 6. The Bertz CT molecular complexity index is 2230. The molecule has 10 nitrogen and oxygen atoms in total. The summed E-state index contributed by atoms with van der Waals surface area (Å²) in [5.41, 5.74) is 2.31. The van der Waals surface area contributed by atoms with Crippen molar-refractivity contribution in [1.29, 1.82) is 0 Å². The van der Waals surface area contributed by atoms with E-state index < -0.39 is 23.4 Å². The molecule has 0 amide bonds. The van der Waals surface area contributed by atoms with Crippen molar-refractivity contribution in [2.45, 2.75) is 32.9 Å². The van der Waals surface area contributed by atoms with Crippen molar-refractivity contribution in [1.82, 2.24) is 29.3 Å². The summed E-state index contributed by atoms with van der Waals surface area (Å²) in [6.45, 7) is 4.73. The largest absolute Gasteiger partial charge is 0.478 e. The van der Waals surface area contributed by atoms with Gasteiger partial charge in [-0.1, -0.05) is 19.9 Å². The van der Waals surface area contributed by atoms with Crippen molar-refractivity contribution in [3.8, 4) is 28.4 Å². The van der Waals surface area contributed by atoms with E-state index in [1.54, 1.807) is 42.3 Å². The van der Waals surface area contributed by atoms with Gasteiger partial charge in [-0.25, -0.2) is 27.9 Å². The van der Waals surface area contributed by atoms with Crippen molar-refractivity contribution in [3.05, 3.63) is 113 Å². The van der Waals surface area contributed by atoms with Gasteiger partial charge in [0.25, 0.3) is 0 Å². The number of carbonyl (C=O) groups is 1. The maximum absolute atomic E-state index is 15.7. The number of pyridine rings is 2. The molecule has 0 radical (unpaired) electrons. The number of halogens is 3. The molecule has 1 aliphatic heterocycles. The summed E-state index contributed by atoms with van der Waals surface area (Å²) in [5, 5.41) is 13.7. The van der Waals surface area contributed by atoms with E-state index in [0.717, 1.165) is 12.1 Å². The summed E-state index contributed by atoms with van der Waals surface area (Å²) in [5.74, 6) is -2.43. The fourth-order valence-electron chi connectivity index (χ4n) is 6.09. The van der Waals surface area contributed by atoms with Crippen LogP contribution in [0.2, 0.25) is 0 Å². The van der Waals surface area contributed by atoms with Gasteiger partial charge in [0, 0.05) is 60.1 Å². The number of hydrogen-bond donors (Lipinski definition) is 1. The molecule has 1 atom stereocenters. The van der Waals surface area contributed by atoms with Crippen molar-refractivity contribution in [2.75, 3.05) is 13.2 Å². The molecule has 1 N–H and O–H groups in total. The molecule has 7 rings (SSSR count). The van der Waals surface area contributed by atoms with Crippen LogP contribution in [0.15, 0.2) is 73.2 Å². The Balaban J connectivity index is 1.14. The van der Waals surface area contributed by atoms with Crippen LogP contribution in [0.3, 0.4) is 0 Å². The third kappa shape index (κ3) is 6.24. The van der Waals surface area contributed by atoms with Gasteiger partial charge in [-0.05, 0) is 42.0 Å². The number of carboxylic acids is 1. The number of aromatic nitrogens is 6. The highest BCUT2D eigenvalue weighted by Gasteiger charge is 2.39. The zero-order valence-electron chi connectivity index (χ0n) is 26.8. The van der Waals surface area contributed by atoms with Gasteiger partial charge in [-0.2, -0.15) is 5.10 Å². The molecule has 1 fully saturated rings. The maximum Gasteiger partial charge on any atom is 0.335 e. The van der Waals surface area contributed by atoms with E-state index in [1.807, 2.05) is 18.4 Å². The van der Waals surface area contributed by atoms with E-state index in [2.05, 4.69) is 15.1 Å². The summed E-state index contributed by atoms with van der Waals surface area (Å²) in [6, 6.07) is 12.6. The molecular formula is C36H31F3N6O4. The lowest BCUT2D eigenvalue weighted by Crippen LogP contribution is -2.27. The van der Waals surface area contributed by atoms with Gasteiger partial charge in [-0.15, -0.1) is 0 Å². The minimum absolute atomic E-state index is 0.0531. The Morgan fingerprint density at radius 1 is 1.00 bits per heavy atom. The van der Waals surface area contributed by atoms with E-state index in [0.29, 0.717) is 41.3 Å². The highest BCUT2D eigenvalue weighted by atomic mass is 19.1. The van der Waals surface area contributed by atoms with E-state index in [4.69, 9.17) is 14.5 Å². The number of ether oxygens (including phenoxy) is 2. The summed E-state index contributed by atoms with van der Waals surface area (Å²) < 4.78 is 61.2. The van der Waals surface area contributed by atoms with Gasteiger partial charge in [0.05, 0.1) is 53.4 Å². The summed E-state index contributed by atoms with van der Waals surface area (Å²) >= 11 is 0. The number of hydrogen-bond acceptors (Lipinski definition) is 7. The minimum atomic E-state index is -1.08. The molecule has 0 saturated carbocycles. The Morgan fingerprint density at radius 2 is 1.82 bits per heavy atom. The Hall–Kier alpha value is -5.56. The molecule has 6 aromatic rings. The van der Waals surface area contributed by atoms with Crippen LogP contribution in [0, 0.1) is 22.9 Å². The number of imidazole rings is 1. The molecule has 250 valence electrons. The second kappa shape index (κ2) is 12.5. The summed E-state index contributed by atoms with van der Waals surface area (Å²) in [4.78, 5) is 25.1. The summed E-state index contributed by atoms with van der Waals surface area (Å²) in [6.07, 6.45) is 4.63. The second-order valence-corrected chi connectivity index (χ2v) is 12.7. The van der Waals surface area contributed by atoms with Crippen molar-refractivity contribution in [2.24, 2.45) is 12.5 Å². The Kier molecular flexibility index (Phi) is 8.15. The van der Waals surface area contributed by atoms with E-state index in [1.165, 1.54) is 30.5 Å². The van der Waals surface area contributed by atoms with Crippen LogP contribution in [0.25, 0.3) is 33.5 Å². The molecular weight excluding hydrogens is 637 g/mol. The lowest BCUT2D eigenvalue weighted by molar-refractivity contribution is 0.0697. The zero-order valence-corrected chi connectivity index (χ0v) is 26.8. The normalized spacial score (nSPS) is 15.6. The average molecular weight is 669 g/mol. The van der Waals surface area contributed by atoms with Crippen LogP contribution in [-0.4, -0.2) is 53.6 Å². The topological polar surface area (TPSA) is 117 Å². The van der Waals surface area contributed by atoms with Crippen LogP contribution >= 0.6 is 0 Å². The first kappa shape index (κ1) is 32.0. The fraction of sp³-hybridized carbons (Fsp3) is 0.250. The SMILES string of the molecule is Cn1cc(-c2cc(F)c(COc3cccc(-c4cc(F)c(Cc5nc6ccc(C(=O)O)cc6n5C5COCC5(C)C)cc4F)n3)cn2)cn1. The van der Waals surface area contributed by atoms with Crippen LogP contribution in [-0.2, 0) is 24.8 Å².